The minimum Gasteiger partial charge on any atom is -0.151 e. The molecule has 0 amide bonds. The molecule has 0 unspecified atom stereocenters. The lowest BCUT2D eigenvalue weighted by Crippen LogP contribution is -1.76. The van der Waals surface area contributed by atoms with Gasteiger partial charge in [0.1, 0.15) is 10.0 Å². The van der Waals surface area contributed by atoms with E-state index in [4.69, 9.17) is 11.6 Å². The van der Waals surface area contributed by atoms with Crippen LogP contribution in [0.3, 0.4) is 0 Å². The summed E-state index contributed by atoms with van der Waals surface area (Å²) in [7, 11) is 0. The molecular formula is C8H7ClN2S2. The van der Waals surface area contributed by atoms with E-state index in [-0.39, 0.29) is 0 Å². The summed E-state index contributed by atoms with van der Waals surface area (Å²) in [6.45, 7) is 2.08. The molecule has 0 aliphatic carbocycles. The van der Waals surface area contributed by atoms with Crippen molar-refractivity contribution in [1.29, 1.82) is 0 Å². The molecule has 2 rings (SSSR count). The summed E-state index contributed by atoms with van der Waals surface area (Å²) in [6.07, 6.45) is 0. The summed E-state index contributed by atoms with van der Waals surface area (Å²) in [6, 6.07) is 0. The lowest BCUT2D eigenvalue weighted by atomic mass is 10.2. The SMILES string of the molecule is Cc1cscc1-c1nnc(CCl)s1. The third-order valence-corrected chi connectivity index (χ3v) is 3.90. The molecule has 2 aromatic rings. The molecule has 2 nitrogen and oxygen atoms in total. The second kappa shape index (κ2) is 3.74. The van der Waals surface area contributed by atoms with Crippen molar-refractivity contribution in [1.82, 2.24) is 10.2 Å². The van der Waals surface area contributed by atoms with Crippen LogP contribution in [0.1, 0.15) is 10.6 Å². The van der Waals surface area contributed by atoms with Crippen LogP contribution in [0.5, 0.6) is 0 Å². The molecular weight excluding hydrogens is 224 g/mol. The van der Waals surface area contributed by atoms with Crippen molar-refractivity contribution in [3.05, 3.63) is 21.3 Å². The Balaban J connectivity index is 2.41. The van der Waals surface area contributed by atoms with Gasteiger partial charge in [-0.05, 0) is 17.9 Å². The summed E-state index contributed by atoms with van der Waals surface area (Å²) in [4.78, 5) is 0. The van der Waals surface area contributed by atoms with Crippen LogP contribution in [-0.4, -0.2) is 10.2 Å². The molecule has 5 heteroatoms. The molecule has 0 aromatic carbocycles. The second-order valence-electron chi connectivity index (χ2n) is 2.60. The summed E-state index contributed by atoms with van der Waals surface area (Å²) < 4.78 is 0. The van der Waals surface area contributed by atoms with Gasteiger partial charge in [0.15, 0.2) is 0 Å². The van der Waals surface area contributed by atoms with Gasteiger partial charge in [-0.25, -0.2) is 0 Å². The van der Waals surface area contributed by atoms with E-state index in [0.717, 1.165) is 10.0 Å². The largest absolute Gasteiger partial charge is 0.151 e. The van der Waals surface area contributed by atoms with Crippen molar-refractivity contribution in [3.63, 3.8) is 0 Å². The second-order valence-corrected chi connectivity index (χ2v) is 4.68. The normalized spacial score (nSPS) is 10.6. The predicted molar refractivity (Wildman–Crippen MR) is 57.5 cm³/mol. The van der Waals surface area contributed by atoms with Crippen molar-refractivity contribution in [2.45, 2.75) is 12.8 Å². The number of alkyl halides is 1. The number of aryl methyl sites for hydroxylation is 1. The highest BCUT2D eigenvalue weighted by Crippen LogP contribution is 2.29. The van der Waals surface area contributed by atoms with Gasteiger partial charge in [-0.2, -0.15) is 11.3 Å². The van der Waals surface area contributed by atoms with Crippen LogP contribution in [0.25, 0.3) is 10.6 Å². The molecule has 0 aliphatic heterocycles. The monoisotopic (exact) mass is 230 g/mol. The Kier molecular flexibility index (Phi) is 2.62. The van der Waals surface area contributed by atoms with Crippen molar-refractivity contribution in [2.75, 3.05) is 0 Å². The molecule has 0 N–H and O–H groups in total. The Morgan fingerprint density at radius 1 is 1.38 bits per heavy atom. The van der Waals surface area contributed by atoms with Crippen LogP contribution in [-0.2, 0) is 5.88 Å². The summed E-state index contributed by atoms with van der Waals surface area (Å²) in [5.74, 6) is 0.445. The zero-order valence-corrected chi connectivity index (χ0v) is 9.34. The first kappa shape index (κ1) is 9.12. The topological polar surface area (TPSA) is 25.8 Å². The summed E-state index contributed by atoms with van der Waals surface area (Å²) in [5.41, 5.74) is 2.43. The predicted octanol–water partition coefficient (Wildman–Crippen LogP) is 3.31. The van der Waals surface area contributed by atoms with Gasteiger partial charge < -0.3 is 0 Å². The van der Waals surface area contributed by atoms with E-state index in [2.05, 4.69) is 27.9 Å². The van der Waals surface area contributed by atoms with E-state index in [9.17, 15) is 0 Å². The molecule has 0 radical (unpaired) electrons. The van der Waals surface area contributed by atoms with Crippen LogP contribution < -0.4 is 0 Å². The van der Waals surface area contributed by atoms with E-state index in [1.807, 2.05) is 0 Å². The summed E-state index contributed by atoms with van der Waals surface area (Å²) >= 11 is 8.89. The zero-order chi connectivity index (χ0) is 9.26. The number of halogens is 1. The molecule has 0 saturated carbocycles. The van der Waals surface area contributed by atoms with Gasteiger partial charge >= 0.3 is 0 Å². The van der Waals surface area contributed by atoms with E-state index in [1.54, 1.807) is 22.7 Å². The molecule has 68 valence electrons. The average Bonchev–Trinajstić information content (AvgIpc) is 2.71. The first-order chi connectivity index (χ1) is 6.31. The third kappa shape index (κ3) is 1.75. The maximum absolute atomic E-state index is 5.65. The molecule has 2 heterocycles. The quantitative estimate of drug-likeness (QED) is 0.740. The number of thiophene rings is 1. The number of hydrogen-bond donors (Lipinski definition) is 0. The van der Waals surface area contributed by atoms with Gasteiger partial charge in [-0.1, -0.05) is 11.3 Å². The molecule has 0 fully saturated rings. The number of nitrogens with zero attached hydrogens (tertiary/aromatic N) is 2. The molecule has 0 atom stereocenters. The van der Waals surface area contributed by atoms with Crippen molar-refractivity contribution in [3.8, 4) is 10.6 Å². The Morgan fingerprint density at radius 2 is 2.23 bits per heavy atom. The Labute approximate surface area is 89.2 Å². The fourth-order valence-corrected chi connectivity index (χ4v) is 2.89. The molecule has 2 aromatic heterocycles. The molecule has 0 bridgehead atoms. The average molecular weight is 231 g/mol. The van der Waals surface area contributed by atoms with Crippen LogP contribution in [0, 0.1) is 6.92 Å². The standard InChI is InChI=1S/C8H7ClN2S2/c1-5-3-12-4-6(5)8-11-10-7(2-9)13-8/h3-4H,2H2,1H3. The number of rotatable bonds is 2. The van der Waals surface area contributed by atoms with Crippen molar-refractivity contribution >= 4 is 34.3 Å². The molecule has 0 saturated heterocycles. The highest BCUT2D eigenvalue weighted by atomic mass is 35.5. The Hall–Kier alpha value is -0.450. The van der Waals surface area contributed by atoms with Crippen LogP contribution in [0.2, 0.25) is 0 Å². The van der Waals surface area contributed by atoms with Crippen molar-refractivity contribution < 1.29 is 0 Å². The minimum atomic E-state index is 0.445. The molecule has 0 spiro atoms. The highest BCUT2D eigenvalue weighted by Gasteiger charge is 2.08. The maximum atomic E-state index is 5.65. The van der Waals surface area contributed by atoms with Crippen LogP contribution in [0.15, 0.2) is 10.8 Å². The van der Waals surface area contributed by atoms with Gasteiger partial charge in [-0.15, -0.1) is 21.8 Å². The van der Waals surface area contributed by atoms with Gasteiger partial charge in [0, 0.05) is 10.9 Å². The molecule has 0 aliphatic rings. The van der Waals surface area contributed by atoms with E-state index in [1.165, 1.54) is 11.1 Å². The third-order valence-electron chi connectivity index (χ3n) is 1.67. The first-order valence-electron chi connectivity index (χ1n) is 3.73. The fourth-order valence-electron chi connectivity index (χ4n) is 0.996. The Morgan fingerprint density at radius 3 is 2.77 bits per heavy atom. The van der Waals surface area contributed by atoms with Gasteiger partial charge in [0.05, 0.1) is 5.88 Å². The van der Waals surface area contributed by atoms with Gasteiger partial charge in [0.2, 0.25) is 0 Å². The maximum Gasteiger partial charge on any atom is 0.148 e. The lowest BCUT2D eigenvalue weighted by Gasteiger charge is -1.89. The van der Waals surface area contributed by atoms with E-state index in [0.29, 0.717) is 5.88 Å². The number of hydrogen-bond acceptors (Lipinski definition) is 4. The van der Waals surface area contributed by atoms with E-state index >= 15 is 0 Å². The van der Waals surface area contributed by atoms with Crippen molar-refractivity contribution in [2.24, 2.45) is 0 Å². The molecule has 13 heavy (non-hydrogen) atoms. The van der Waals surface area contributed by atoms with Gasteiger partial charge in [0.25, 0.3) is 0 Å². The van der Waals surface area contributed by atoms with E-state index < -0.39 is 0 Å². The van der Waals surface area contributed by atoms with Crippen LogP contribution >= 0.6 is 34.3 Å². The lowest BCUT2D eigenvalue weighted by molar-refractivity contribution is 1.04. The highest BCUT2D eigenvalue weighted by molar-refractivity contribution is 7.15. The summed E-state index contributed by atoms with van der Waals surface area (Å²) in [5, 5.41) is 14.1. The Bertz CT molecular complexity index is 408. The smallest absolute Gasteiger partial charge is 0.148 e. The van der Waals surface area contributed by atoms with Gasteiger partial charge in [-0.3, -0.25) is 0 Å². The fraction of sp³-hybridized carbons (Fsp3) is 0.250. The van der Waals surface area contributed by atoms with Crippen LogP contribution in [0.4, 0.5) is 0 Å². The number of aromatic nitrogens is 2. The zero-order valence-electron chi connectivity index (χ0n) is 6.95. The first-order valence-corrected chi connectivity index (χ1v) is 6.02. The minimum absolute atomic E-state index is 0.445.